The van der Waals surface area contributed by atoms with E-state index >= 15 is 0 Å². The maximum Gasteiger partial charge on any atom is 0.251 e. The minimum absolute atomic E-state index is 0.0889. The van der Waals surface area contributed by atoms with E-state index in [0.717, 1.165) is 5.56 Å². The molecule has 138 valence electrons. The standard InChI is InChI=1S/C20H23ClN2O2S/c1-20(2,3)23-19(25)14-8-10-16(11-9-14)22-18(24)13-26-12-15-6-4-5-7-17(15)21/h4-11H,12-13H2,1-3H3,(H,22,24)(H,23,25). The molecule has 2 N–H and O–H groups in total. The van der Waals surface area contributed by atoms with Crippen molar-refractivity contribution < 1.29 is 9.59 Å². The number of rotatable bonds is 6. The second-order valence-electron chi connectivity index (χ2n) is 6.91. The molecule has 0 unspecified atom stereocenters. The number of thioether (sulfide) groups is 1. The van der Waals surface area contributed by atoms with Gasteiger partial charge in [-0.3, -0.25) is 9.59 Å². The lowest BCUT2D eigenvalue weighted by molar-refractivity contribution is -0.113. The minimum atomic E-state index is -0.289. The van der Waals surface area contributed by atoms with E-state index in [-0.39, 0.29) is 17.4 Å². The van der Waals surface area contributed by atoms with E-state index in [9.17, 15) is 9.59 Å². The van der Waals surface area contributed by atoms with Gasteiger partial charge in [-0.05, 0) is 56.7 Å². The third kappa shape index (κ3) is 6.73. The molecule has 0 aliphatic rings. The highest BCUT2D eigenvalue weighted by Gasteiger charge is 2.15. The highest BCUT2D eigenvalue weighted by molar-refractivity contribution is 7.99. The van der Waals surface area contributed by atoms with Crippen molar-refractivity contribution in [2.24, 2.45) is 0 Å². The Kier molecular flexibility index (Phi) is 7.12. The summed E-state index contributed by atoms with van der Waals surface area (Å²) in [6.07, 6.45) is 0. The van der Waals surface area contributed by atoms with Crippen molar-refractivity contribution in [3.05, 3.63) is 64.7 Å². The summed E-state index contributed by atoms with van der Waals surface area (Å²) in [5.41, 5.74) is 1.95. The maximum absolute atomic E-state index is 12.1. The summed E-state index contributed by atoms with van der Waals surface area (Å²) in [6, 6.07) is 14.5. The smallest absolute Gasteiger partial charge is 0.251 e. The number of hydrogen-bond acceptors (Lipinski definition) is 3. The van der Waals surface area contributed by atoms with Gasteiger partial charge in [0.05, 0.1) is 5.75 Å². The molecule has 26 heavy (non-hydrogen) atoms. The van der Waals surface area contributed by atoms with Gasteiger partial charge in [-0.15, -0.1) is 11.8 Å². The number of benzene rings is 2. The van der Waals surface area contributed by atoms with Gasteiger partial charge in [-0.1, -0.05) is 29.8 Å². The number of carbonyl (C=O) groups excluding carboxylic acids is 2. The van der Waals surface area contributed by atoms with Crippen molar-refractivity contribution in [1.82, 2.24) is 5.32 Å². The van der Waals surface area contributed by atoms with E-state index in [1.165, 1.54) is 11.8 Å². The first-order chi connectivity index (χ1) is 12.2. The maximum atomic E-state index is 12.1. The summed E-state index contributed by atoms with van der Waals surface area (Å²) < 4.78 is 0. The zero-order valence-corrected chi connectivity index (χ0v) is 16.7. The van der Waals surface area contributed by atoms with Crippen LogP contribution in [0.25, 0.3) is 0 Å². The molecule has 0 aromatic heterocycles. The number of anilines is 1. The zero-order chi connectivity index (χ0) is 19.2. The Balaban J connectivity index is 1.82. The molecule has 0 aliphatic heterocycles. The third-order valence-corrected chi connectivity index (χ3v) is 4.72. The zero-order valence-electron chi connectivity index (χ0n) is 15.1. The van der Waals surface area contributed by atoms with Crippen LogP contribution in [0.3, 0.4) is 0 Å². The van der Waals surface area contributed by atoms with Gasteiger partial charge in [0.25, 0.3) is 5.91 Å². The largest absolute Gasteiger partial charge is 0.347 e. The van der Waals surface area contributed by atoms with Crippen molar-refractivity contribution in [2.75, 3.05) is 11.1 Å². The number of hydrogen-bond donors (Lipinski definition) is 2. The van der Waals surface area contributed by atoms with E-state index in [4.69, 9.17) is 11.6 Å². The van der Waals surface area contributed by atoms with Gasteiger partial charge in [-0.25, -0.2) is 0 Å². The molecule has 0 saturated carbocycles. The van der Waals surface area contributed by atoms with Gasteiger partial charge >= 0.3 is 0 Å². The molecule has 0 radical (unpaired) electrons. The molecule has 0 aliphatic carbocycles. The Morgan fingerprint density at radius 3 is 2.31 bits per heavy atom. The van der Waals surface area contributed by atoms with E-state index < -0.39 is 0 Å². The van der Waals surface area contributed by atoms with Crippen LogP contribution in [0.4, 0.5) is 5.69 Å². The summed E-state index contributed by atoms with van der Waals surface area (Å²) in [6.45, 7) is 5.79. The predicted octanol–water partition coefficient (Wildman–Crippen LogP) is 4.74. The molecule has 0 saturated heterocycles. The molecule has 2 aromatic carbocycles. The molecule has 6 heteroatoms. The van der Waals surface area contributed by atoms with E-state index in [1.807, 2.05) is 45.0 Å². The molecule has 4 nitrogen and oxygen atoms in total. The fourth-order valence-corrected chi connectivity index (χ4v) is 3.30. The van der Waals surface area contributed by atoms with Crippen LogP contribution < -0.4 is 10.6 Å². The van der Waals surface area contributed by atoms with Crippen LogP contribution in [0.5, 0.6) is 0 Å². The van der Waals surface area contributed by atoms with Crippen LogP contribution in [0.1, 0.15) is 36.7 Å². The molecular formula is C20H23ClN2O2S. The summed E-state index contributed by atoms with van der Waals surface area (Å²) in [4.78, 5) is 24.1. The molecule has 2 rings (SSSR count). The van der Waals surface area contributed by atoms with Crippen LogP contribution in [-0.4, -0.2) is 23.1 Å². The van der Waals surface area contributed by atoms with Gasteiger partial charge in [0, 0.05) is 27.6 Å². The average Bonchev–Trinajstić information content (AvgIpc) is 2.55. The van der Waals surface area contributed by atoms with Gasteiger partial charge in [-0.2, -0.15) is 0 Å². The monoisotopic (exact) mass is 390 g/mol. The van der Waals surface area contributed by atoms with Crippen LogP contribution in [0, 0.1) is 0 Å². The van der Waals surface area contributed by atoms with E-state index in [1.54, 1.807) is 24.3 Å². The molecule has 0 fully saturated rings. The first-order valence-corrected chi connectivity index (χ1v) is 9.81. The number of nitrogens with one attached hydrogen (secondary N) is 2. The summed E-state index contributed by atoms with van der Waals surface area (Å²) in [5.74, 6) is 0.788. The van der Waals surface area contributed by atoms with Crippen molar-refractivity contribution in [3.8, 4) is 0 Å². The Labute approximate surface area is 163 Å². The summed E-state index contributed by atoms with van der Waals surface area (Å²) >= 11 is 7.60. The SMILES string of the molecule is CC(C)(C)NC(=O)c1ccc(NC(=O)CSCc2ccccc2Cl)cc1. The first-order valence-electron chi connectivity index (χ1n) is 8.28. The molecular weight excluding hydrogens is 368 g/mol. The predicted molar refractivity (Wildman–Crippen MR) is 110 cm³/mol. The van der Waals surface area contributed by atoms with Gasteiger partial charge in [0.1, 0.15) is 0 Å². The highest BCUT2D eigenvalue weighted by atomic mass is 35.5. The van der Waals surface area contributed by atoms with Gasteiger partial charge < -0.3 is 10.6 Å². The summed E-state index contributed by atoms with van der Waals surface area (Å²) in [5, 5.41) is 6.45. The number of carbonyl (C=O) groups is 2. The van der Waals surface area contributed by atoms with Crippen LogP contribution in [0.15, 0.2) is 48.5 Å². The summed E-state index contributed by atoms with van der Waals surface area (Å²) in [7, 11) is 0. The molecule has 0 atom stereocenters. The normalized spacial score (nSPS) is 11.1. The van der Waals surface area contributed by atoms with Gasteiger partial charge in [0.15, 0.2) is 0 Å². The molecule has 0 heterocycles. The van der Waals surface area contributed by atoms with Crippen molar-refractivity contribution >= 4 is 40.9 Å². The van der Waals surface area contributed by atoms with Crippen molar-refractivity contribution in [1.29, 1.82) is 0 Å². The fraction of sp³-hybridized carbons (Fsp3) is 0.300. The van der Waals surface area contributed by atoms with Crippen LogP contribution in [0.2, 0.25) is 5.02 Å². The second kappa shape index (κ2) is 9.10. The van der Waals surface area contributed by atoms with Crippen molar-refractivity contribution in [2.45, 2.75) is 32.1 Å². The highest BCUT2D eigenvalue weighted by Crippen LogP contribution is 2.21. The number of amides is 2. The van der Waals surface area contributed by atoms with Crippen LogP contribution >= 0.6 is 23.4 Å². The first kappa shape index (κ1) is 20.3. The second-order valence-corrected chi connectivity index (χ2v) is 8.31. The van der Waals surface area contributed by atoms with E-state index in [2.05, 4.69) is 10.6 Å². The Morgan fingerprint density at radius 2 is 1.69 bits per heavy atom. The minimum Gasteiger partial charge on any atom is -0.347 e. The topological polar surface area (TPSA) is 58.2 Å². The van der Waals surface area contributed by atoms with Gasteiger partial charge in [0.2, 0.25) is 5.91 Å². The molecule has 2 amide bonds. The number of halogens is 1. The third-order valence-electron chi connectivity index (χ3n) is 3.37. The lowest BCUT2D eigenvalue weighted by atomic mass is 10.1. The van der Waals surface area contributed by atoms with Crippen molar-refractivity contribution in [3.63, 3.8) is 0 Å². The molecule has 0 bridgehead atoms. The lowest BCUT2D eigenvalue weighted by Crippen LogP contribution is -2.40. The van der Waals surface area contributed by atoms with Crippen LogP contribution in [-0.2, 0) is 10.5 Å². The molecule has 2 aromatic rings. The lowest BCUT2D eigenvalue weighted by Gasteiger charge is -2.20. The Hall–Kier alpha value is -1.98. The quantitative estimate of drug-likeness (QED) is 0.748. The Morgan fingerprint density at radius 1 is 1.04 bits per heavy atom. The average molecular weight is 391 g/mol. The molecule has 0 spiro atoms. The fourth-order valence-electron chi connectivity index (χ4n) is 2.18. The van der Waals surface area contributed by atoms with E-state index in [0.29, 0.717) is 27.8 Å². The Bertz CT molecular complexity index is 770.